The molecule has 1 aromatic heterocycles. The number of para-hydroxylation sites is 2. The minimum Gasteiger partial charge on any atom is -0.497 e. The van der Waals surface area contributed by atoms with Crippen LogP contribution in [0.2, 0.25) is 0 Å². The first kappa shape index (κ1) is 19.9. The Labute approximate surface area is 166 Å². The van der Waals surface area contributed by atoms with Gasteiger partial charge in [-0.05, 0) is 49.1 Å². The second-order valence-corrected chi connectivity index (χ2v) is 7.44. The number of hydrogen-bond donors (Lipinski definition) is 1. The maximum Gasteiger partial charge on any atom is 0.227 e. The first-order valence-electron chi connectivity index (χ1n) is 9.84. The molecular formula is C23H29N3O2. The predicted octanol–water partition coefficient (Wildman–Crippen LogP) is 4.30. The van der Waals surface area contributed by atoms with Crippen LogP contribution in [0, 0.1) is 12.8 Å². The van der Waals surface area contributed by atoms with E-state index in [4.69, 9.17) is 4.74 Å². The highest BCUT2D eigenvalue weighted by atomic mass is 16.5. The molecular weight excluding hydrogens is 350 g/mol. The summed E-state index contributed by atoms with van der Waals surface area (Å²) in [6, 6.07) is 15.9. The standard InChI is InChI=1S/C23H29N3O2/c1-16(2)22(18-10-12-19(28-4)13-11-18)23(27)24-14-7-15-26-17(3)25-20-8-5-6-9-21(20)26/h5-6,8-13,16,22H,7,14-15H2,1-4H3,(H,24,27). The number of amides is 1. The molecule has 0 bridgehead atoms. The zero-order valence-corrected chi connectivity index (χ0v) is 17.1. The molecule has 28 heavy (non-hydrogen) atoms. The van der Waals surface area contributed by atoms with Crippen molar-refractivity contribution in [1.29, 1.82) is 0 Å². The van der Waals surface area contributed by atoms with Gasteiger partial charge >= 0.3 is 0 Å². The van der Waals surface area contributed by atoms with Crippen molar-refractivity contribution in [3.63, 3.8) is 0 Å². The highest BCUT2D eigenvalue weighted by Gasteiger charge is 2.23. The molecule has 0 fully saturated rings. The Bertz CT molecular complexity index is 929. The zero-order chi connectivity index (χ0) is 20.1. The topological polar surface area (TPSA) is 56.1 Å². The first-order chi connectivity index (χ1) is 13.5. The van der Waals surface area contributed by atoms with Gasteiger partial charge < -0.3 is 14.6 Å². The maximum atomic E-state index is 12.8. The average molecular weight is 380 g/mol. The number of methoxy groups -OCH3 is 1. The molecule has 3 rings (SSSR count). The summed E-state index contributed by atoms with van der Waals surface area (Å²) < 4.78 is 7.43. The largest absolute Gasteiger partial charge is 0.497 e. The highest BCUT2D eigenvalue weighted by molar-refractivity contribution is 5.84. The quantitative estimate of drug-likeness (QED) is 0.594. The van der Waals surface area contributed by atoms with Crippen molar-refractivity contribution in [2.75, 3.05) is 13.7 Å². The monoisotopic (exact) mass is 379 g/mol. The second kappa shape index (κ2) is 8.91. The Balaban J connectivity index is 1.59. The second-order valence-electron chi connectivity index (χ2n) is 7.44. The van der Waals surface area contributed by atoms with E-state index in [1.54, 1.807) is 7.11 Å². The zero-order valence-electron chi connectivity index (χ0n) is 17.1. The number of nitrogens with zero attached hydrogens (tertiary/aromatic N) is 2. The number of carbonyl (C=O) groups is 1. The Kier molecular flexibility index (Phi) is 6.34. The van der Waals surface area contributed by atoms with Crippen molar-refractivity contribution >= 4 is 16.9 Å². The van der Waals surface area contributed by atoms with Crippen molar-refractivity contribution < 1.29 is 9.53 Å². The van der Waals surface area contributed by atoms with Crippen LogP contribution in [-0.4, -0.2) is 29.1 Å². The van der Waals surface area contributed by atoms with Gasteiger partial charge in [-0.3, -0.25) is 4.79 Å². The van der Waals surface area contributed by atoms with Gasteiger partial charge in [-0.2, -0.15) is 0 Å². The lowest BCUT2D eigenvalue weighted by atomic mass is 9.87. The van der Waals surface area contributed by atoms with Gasteiger partial charge in [0.1, 0.15) is 11.6 Å². The molecule has 1 amide bonds. The Morgan fingerprint density at radius 3 is 2.54 bits per heavy atom. The van der Waals surface area contributed by atoms with Crippen LogP contribution in [0.1, 0.15) is 37.6 Å². The van der Waals surface area contributed by atoms with E-state index in [2.05, 4.69) is 34.8 Å². The number of hydrogen-bond acceptors (Lipinski definition) is 3. The molecule has 5 heteroatoms. The molecule has 0 aliphatic carbocycles. The van der Waals surface area contributed by atoms with Gasteiger partial charge in [0.05, 0.1) is 24.1 Å². The van der Waals surface area contributed by atoms with Gasteiger partial charge in [-0.25, -0.2) is 4.98 Å². The van der Waals surface area contributed by atoms with Crippen LogP contribution in [-0.2, 0) is 11.3 Å². The van der Waals surface area contributed by atoms with Crippen molar-refractivity contribution in [2.24, 2.45) is 5.92 Å². The van der Waals surface area contributed by atoms with E-state index in [1.165, 1.54) is 0 Å². The maximum absolute atomic E-state index is 12.8. The summed E-state index contributed by atoms with van der Waals surface area (Å²) >= 11 is 0. The van der Waals surface area contributed by atoms with E-state index in [0.717, 1.165) is 41.1 Å². The number of rotatable bonds is 8. The summed E-state index contributed by atoms with van der Waals surface area (Å²) in [5.41, 5.74) is 3.18. The van der Waals surface area contributed by atoms with E-state index in [1.807, 2.05) is 49.4 Å². The molecule has 2 aromatic carbocycles. The summed E-state index contributed by atoms with van der Waals surface area (Å²) in [6.07, 6.45) is 0.861. The van der Waals surface area contributed by atoms with Gasteiger partial charge in [0.15, 0.2) is 0 Å². The first-order valence-corrected chi connectivity index (χ1v) is 9.84. The van der Waals surface area contributed by atoms with Gasteiger partial charge in [0.25, 0.3) is 0 Å². The average Bonchev–Trinajstić information content (AvgIpc) is 3.01. The fraction of sp³-hybridized carbons (Fsp3) is 0.391. The Hall–Kier alpha value is -2.82. The van der Waals surface area contributed by atoms with Crippen molar-refractivity contribution in [1.82, 2.24) is 14.9 Å². The van der Waals surface area contributed by atoms with Crippen molar-refractivity contribution in [3.05, 3.63) is 59.9 Å². The molecule has 5 nitrogen and oxygen atoms in total. The van der Waals surface area contributed by atoms with Crippen LogP contribution >= 0.6 is 0 Å². The summed E-state index contributed by atoms with van der Waals surface area (Å²) in [5.74, 6) is 1.93. The Morgan fingerprint density at radius 1 is 1.14 bits per heavy atom. The normalized spacial score (nSPS) is 12.3. The number of benzene rings is 2. The lowest BCUT2D eigenvalue weighted by Crippen LogP contribution is -2.33. The molecule has 1 unspecified atom stereocenters. The molecule has 1 atom stereocenters. The number of nitrogens with one attached hydrogen (secondary N) is 1. The van der Waals surface area contributed by atoms with Crippen LogP contribution in [0.3, 0.4) is 0 Å². The van der Waals surface area contributed by atoms with Gasteiger partial charge in [0, 0.05) is 13.1 Å². The molecule has 1 heterocycles. The summed E-state index contributed by atoms with van der Waals surface area (Å²) in [5, 5.41) is 3.12. The molecule has 148 valence electrons. The smallest absolute Gasteiger partial charge is 0.227 e. The summed E-state index contributed by atoms with van der Waals surface area (Å²) in [7, 11) is 1.65. The van der Waals surface area contributed by atoms with Gasteiger partial charge in [-0.1, -0.05) is 38.1 Å². The molecule has 0 aliphatic heterocycles. The molecule has 0 saturated heterocycles. The fourth-order valence-corrected chi connectivity index (χ4v) is 3.69. The minimum atomic E-state index is -0.165. The fourth-order valence-electron chi connectivity index (χ4n) is 3.69. The molecule has 0 radical (unpaired) electrons. The molecule has 3 aromatic rings. The molecule has 0 aliphatic rings. The van der Waals surface area contributed by atoms with Crippen molar-refractivity contribution in [2.45, 2.75) is 39.7 Å². The number of aromatic nitrogens is 2. The summed E-state index contributed by atoms with van der Waals surface area (Å²) in [6.45, 7) is 7.66. The summed E-state index contributed by atoms with van der Waals surface area (Å²) in [4.78, 5) is 17.4. The Morgan fingerprint density at radius 2 is 1.86 bits per heavy atom. The third-order valence-electron chi connectivity index (χ3n) is 5.13. The molecule has 1 N–H and O–H groups in total. The van der Waals surface area contributed by atoms with Gasteiger partial charge in [-0.15, -0.1) is 0 Å². The van der Waals surface area contributed by atoms with Crippen LogP contribution in [0.25, 0.3) is 11.0 Å². The molecule has 0 spiro atoms. The van der Waals surface area contributed by atoms with E-state index < -0.39 is 0 Å². The number of fused-ring (bicyclic) bond motifs is 1. The molecule has 0 saturated carbocycles. The number of imidazole rings is 1. The van der Waals surface area contributed by atoms with Crippen LogP contribution in [0.4, 0.5) is 0 Å². The van der Waals surface area contributed by atoms with E-state index >= 15 is 0 Å². The van der Waals surface area contributed by atoms with Gasteiger partial charge in [0.2, 0.25) is 5.91 Å². The number of ether oxygens (including phenoxy) is 1. The van der Waals surface area contributed by atoms with Crippen LogP contribution in [0.5, 0.6) is 5.75 Å². The van der Waals surface area contributed by atoms with E-state index in [9.17, 15) is 4.79 Å². The van der Waals surface area contributed by atoms with Crippen molar-refractivity contribution in [3.8, 4) is 5.75 Å². The lowest BCUT2D eigenvalue weighted by molar-refractivity contribution is -0.123. The van der Waals surface area contributed by atoms with Crippen LogP contribution < -0.4 is 10.1 Å². The lowest BCUT2D eigenvalue weighted by Gasteiger charge is -2.21. The SMILES string of the molecule is COc1ccc(C(C(=O)NCCCn2c(C)nc3ccccc32)C(C)C)cc1. The third kappa shape index (κ3) is 4.35. The minimum absolute atomic E-state index is 0.0763. The van der Waals surface area contributed by atoms with E-state index in [0.29, 0.717) is 6.54 Å². The highest BCUT2D eigenvalue weighted by Crippen LogP contribution is 2.26. The van der Waals surface area contributed by atoms with Crippen LogP contribution in [0.15, 0.2) is 48.5 Å². The number of aryl methyl sites for hydroxylation is 2. The third-order valence-corrected chi connectivity index (χ3v) is 5.13. The number of carbonyl (C=O) groups excluding carboxylic acids is 1. The predicted molar refractivity (Wildman–Crippen MR) is 113 cm³/mol. The van der Waals surface area contributed by atoms with E-state index in [-0.39, 0.29) is 17.7 Å².